The van der Waals surface area contributed by atoms with Gasteiger partial charge in [0.15, 0.2) is 0 Å². The summed E-state index contributed by atoms with van der Waals surface area (Å²) < 4.78 is 0. The van der Waals surface area contributed by atoms with Gasteiger partial charge in [-0.05, 0) is 26.0 Å². The first-order chi connectivity index (χ1) is 8.08. The molecule has 0 atom stereocenters. The Hall–Kier alpha value is -1.75. The van der Waals surface area contributed by atoms with E-state index in [2.05, 4.69) is 9.97 Å². The molecule has 2 aromatic heterocycles. The van der Waals surface area contributed by atoms with Crippen LogP contribution in [0.5, 0.6) is 0 Å². The molecule has 88 valence electrons. The number of hydrogen-bond donors (Lipinski definition) is 1. The minimum atomic E-state index is -0.438. The third-order valence-electron chi connectivity index (χ3n) is 2.48. The minimum Gasteiger partial charge on any atom is -0.366 e. The third-order valence-corrected chi connectivity index (χ3v) is 3.56. The van der Waals surface area contributed by atoms with Crippen LogP contribution in [0.3, 0.4) is 0 Å². The summed E-state index contributed by atoms with van der Waals surface area (Å²) in [5.74, 6) is -0.438. The fraction of sp³-hybridized carbons (Fsp3) is 0.250. The molecule has 2 rings (SSSR count). The van der Waals surface area contributed by atoms with Gasteiger partial charge in [0.25, 0.3) is 5.91 Å². The lowest BCUT2D eigenvalue weighted by atomic mass is 10.1. The van der Waals surface area contributed by atoms with Gasteiger partial charge in [-0.2, -0.15) is 0 Å². The van der Waals surface area contributed by atoms with Crippen molar-refractivity contribution >= 4 is 17.2 Å². The van der Waals surface area contributed by atoms with Gasteiger partial charge in [0.05, 0.1) is 22.0 Å². The minimum absolute atomic E-state index is 0.438. The van der Waals surface area contributed by atoms with Crippen molar-refractivity contribution in [2.24, 2.45) is 5.73 Å². The van der Waals surface area contributed by atoms with E-state index >= 15 is 0 Å². The molecule has 1 amide bonds. The molecule has 0 aliphatic carbocycles. The van der Waals surface area contributed by atoms with E-state index in [9.17, 15) is 4.79 Å². The number of rotatable bonds is 3. The van der Waals surface area contributed by atoms with Gasteiger partial charge >= 0.3 is 0 Å². The van der Waals surface area contributed by atoms with Crippen LogP contribution in [0.1, 0.15) is 31.6 Å². The standard InChI is InChI=1S/C12H13N3OS/c1-7-11(17-8(2)15-7)6-10-9(12(13)16)4-3-5-14-10/h3-5H,6H2,1-2H3,(H2,13,16). The fourth-order valence-electron chi connectivity index (χ4n) is 1.69. The lowest BCUT2D eigenvalue weighted by Gasteiger charge is -2.03. The Morgan fingerprint density at radius 3 is 2.82 bits per heavy atom. The van der Waals surface area contributed by atoms with Crippen molar-refractivity contribution < 1.29 is 4.79 Å². The highest BCUT2D eigenvalue weighted by molar-refractivity contribution is 7.11. The highest BCUT2D eigenvalue weighted by Crippen LogP contribution is 2.21. The van der Waals surface area contributed by atoms with Crippen molar-refractivity contribution in [2.45, 2.75) is 20.3 Å². The number of hydrogen-bond acceptors (Lipinski definition) is 4. The zero-order valence-corrected chi connectivity index (χ0v) is 10.5. The maximum atomic E-state index is 11.3. The zero-order chi connectivity index (χ0) is 12.4. The Balaban J connectivity index is 2.36. The summed E-state index contributed by atoms with van der Waals surface area (Å²) in [4.78, 5) is 21.0. The van der Waals surface area contributed by atoms with Crippen molar-refractivity contribution in [3.8, 4) is 0 Å². The molecule has 0 saturated carbocycles. The van der Waals surface area contributed by atoms with E-state index in [1.54, 1.807) is 29.7 Å². The number of aryl methyl sites for hydroxylation is 2. The van der Waals surface area contributed by atoms with E-state index in [0.29, 0.717) is 17.7 Å². The van der Waals surface area contributed by atoms with E-state index in [1.165, 1.54) is 0 Å². The molecule has 2 heterocycles. The Kier molecular flexibility index (Phi) is 3.19. The van der Waals surface area contributed by atoms with Crippen molar-refractivity contribution in [2.75, 3.05) is 0 Å². The molecule has 0 aliphatic rings. The molecule has 0 bridgehead atoms. The van der Waals surface area contributed by atoms with Gasteiger partial charge < -0.3 is 5.73 Å². The predicted molar refractivity (Wildman–Crippen MR) is 67.1 cm³/mol. The van der Waals surface area contributed by atoms with E-state index in [-0.39, 0.29) is 0 Å². The van der Waals surface area contributed by atoms with Gasteiger partial charge in [0, 0.05) is 17.5 Å². The first-order valence-corrected chi connectivity index (χ1v) is 6.06. The summed E-state index contributed by atoms with van der Waals surface area (Å²) in [5.41, 5.74) is 7.51. The average molecular weight is 247 g/mol. The van der Waals surface area contributed by atoms with Crippen molar-refractivity contribution in [3.63, 3.8) is 0 Å². The van der Waals surface area contributed by atoms with E-state index in [4.69, 9.17) is 5.73 Å². The number of carbonyl (C=O) groups excluding carboxylic acids is 1. The number of pyridine rings is 1. The summed E-state index contributed by atoms with van der Waals surface area (Å²) in [7, 11) is 0. The number of carbonyl (C=O) groups is 1. The highest BCUT2D eigenvalue weighted by Gasteiger charge is 2.12. The molecule has 0 saturated heterocycles. The van der Waals surface area contributed by atoms with E-state index in [0.717, 1.165) is 15.6 Å². The van der Waals surface area contributed by atoms with Crippen molar-refractivity contribution in [1.29, 1.82) is 0 Å². The van der Waals surface area contributed by atoms with Gasteiger partial charge in [0.2, 0.25) is 0 Å². The zero-order valence-electron chi connectivity index (χ0n) is 9.73. The monoisotopic (exact) mass is 247 g/mol. The molecule has 0 fully saturated rings. The summed E-state index contributed by atoms with van der Waals surface area (Å²) in [6.45, 7) is 3.93. The summed E-state index contributed by atoms with van der Waals surface area (Å²) in [6, 6.07) is 3.42. The normalized spacial score (nSPS) is 10.5. The van der Waals surface area contributed by atoms with Crippen LogP contribution in [0.4, 0.5) is 0 Å². The van der Waals surface area contributed by atoms with Crippen LogP contribution >= 0.6 is 11.3 Å². The maximum absolute atomic E-state index is 11.3. The lowest BCUT2D eigenvalue weighted by molar-refractivity contribution is 0.0999. The number of primary amides is 1. The van der Waals surface area contributed by atoms with E-state index in [1.807, 2.05) is 13.8 Å². The quantitative estimate of drug-likeness (QED) is 0.899. The number of amides is 1. The van der Waals surface area contributed by atoms with Gasteiger partial charge in [0.1, 0.15) is 0 Å². The fourth-order valence-corrected chi connectivity index (χ4v) is 2.63. The molecule has 0 aromatic carbocycles. The number of thiazole rings is 1. The predicted octanol–water partition coefficient (Wildman–Crippen LogP) is 1.84. The largest absolute Gasteiger partial charge is 0.366 e. The molecule has 5 heteroatoms. The average Bonchev–Trinajstić information content (AvgIpc) is 2.58. The first kappa shape index (κ1) is 11.7. The van der Waals surface area contributed by atoms with Crippen LogP contribution in [0.2, 0.25) is 0 Å². The van der Waals surface area contributed by atoms with Crippen LogP contribution in [0, 0.1) is 13.8 Å². The van der Waals surface area contributed by atoms with Gasteiger partial charge in [-0.15, -0.1) is 11.3 Å². The molecular formula is C12H13N3OS. The Morgan fingerprint density at radius 2 is 2.24 bits per heavy atom. The highest BCUT2D eigenvalue weighted by atomic mass is 32.1. The molecule has 2 N–H and O–H groups in total. The molecule has 17 heavy (non-hydrogen) atoms. The number of aromatic nitrogens is 2. The molecule has 2 aromatic rings. The summed E-state index contributed by atoms with van der Waals surface area (Å²) in [6.07, 6.45) is 2.28. The second-order valence-corrected chi connectivity index (χ2v) is 5.07. The van der Waals surface area contributed by atoms with Gasteiger partial charge in [-0.3, -0.25) is 9.78 Å². The van der Waals surface area contributed by atoms with Gasteiger partial charge in [-0.25, -0.2) is 4.98 Å². The second-order valence-electron chi connectivity index (χ2n) is 3.78. The topological polar surface area (TPSA) is 68.9 Å². The Bertz CT molecular complexity index is 563. The number of nitrogens with zero attached hydrogens (tertiary/aromatic N) is 2. The first-order valence-electron chi connectivity index (χ1n) is 5.24. The van der Waals surface area contributed by atoms with E-state index < -0.39 is 5.91 Å². The van der Waals surface area contributed by atoms with Crippen LogP contribution in [-0.4, -0.2) is 15.9 Å². The SMILES string of the molecule is Cc1nc(C)c(Cc2ncccc2C(N)=O)s1. The van der Waals surface area contributed by atoms with Gasteiger partial charge in [-0.1, -0.05) is 0 Å². The maximum Gasteiger partial charge on any atom is 0.250 e. The Morgan fingerprint density at radius 1 is 1.47 bits per heavy atom. The second kappa shape index (κ2) is 4.63. The molecule has 0 spiro atoms. The molecule has 4 nitrogen and oxygen atoms in total. The number of nitrogens with two attached hydrogens (primary N) is 1. The van der Waals surface area contributed by atoms with Crippen LogP contribution < -0.4 is 5.73 Å². The van der Waals surface area contributed by atoms with Crippen molar-refractivity contribution in [1.82, 2.24) is 9.97 Å². The molecule has 0 radical (unpaired) electrons. The van der Waals surface area contributed by atoms with Crippen LogP contribution in [0.15, 0.2) is 18.3 Å². The smallest absolute Gasteiger partial charge is 0.250 e. The molecular weight excluding hydrogens is 234 g/mol. The van der Waals surface area contributed by atoms with Crippen LogP contribution in [-0.2, 0) is 6.42 Å². The third kappa shape index (κ3) is 2.50. The molecule has 0 unspecified atom stereocenters. The Labute approximate surface area is 104 Å². The van der Waals surface area contributed by atoms with Crippen LogP contribution in [0.25, 0.3) is 0 Å². The molecule has 0 aliphatic heterocycles. The van der Waals surface area contributed by atoms with Crippen molar-refractivity contribution in [3.05, 3.63) is 45.2 Å². The lowest BCUT2D eigenvalue weighted by Crippen LogP contribution is -2.14. The summed E-state index contributed by atoms with van der Waals surface area (Å²) in [5, 5.41) is 1.02. The summed E-state index contributed by atoms with van der Waals surface area (Å²) >= 11 is 1.63.